The summed E-state index contributed by atoms with van der Waals surface area (Å²) in [6.07, 6.45) is 5.73. The van der Waals surface area contributed by atoms with E-state index in [2.05, 4.69) is 28.4 Å². The highest BCUT2D eigenvalue weighted by Gasteiger charge is 2.04. The molecule has 1 heterocycles. The molecule has 1 aromatic rings. The van der Waals surface area contributed by atoms with Crippen LogP contribution in [0.1, 0.15) is 5.56 Å². The third-order valence-electron chi connectivity index (χ3n) is 2.58. The average molecular weight is 298 g/mol. The molecular weight excluding hydrogens is 278 g/mol. The minimum Gasteiger partial charge on any atom is -0.379 e. The minimum atomic E-state index is 0.525. The standard InChI is InChI=1S/C14H20ClN3S/c1-4-8-18(9-7-16-12(2)19-3)11-13-5-6-14(15)17-10-13/h4-6,10,16H,1-2,7-9,11H2,3H3. The first kappa shape index (κ1) is 16.1. The summed E-state index contributed by atoms with van der Waals surface area (Å²) in [5.41, 5.74) is 1.15. The Hall–Kier alpha value is -0.970. The van der Waals surface area contributed by atoms with Gasteiger partial charge >= 0.3 is 0 Å². The zero-order valence-electron chi connectivity index (χ0n) is 11.2. The Morgan fingerprint density at radius 3 is 2.95 bits per heavy atom. The lowest BCUT2D eigenvalue weighted by Gasteiger charge is -2.21. The van der Waals surface area contributed by atoms with Gasteiger partial charge in [0.05, 0.1) is 5.03 Å². The summed E-state index contributed by atoms with van der Waals surface area (Å²) in [4.78, 5) is 6.38. The maximum Gasteiger partial charge on any atom is 0.129 e. The van der Waals surface area contributed by atoms with Crippen molar-refractivity contribution < 1.29 is 0 Å². The van der Waals surface area contributed by atoms with Gasteiger partial charge in [-0.3, -0.25) is 4.90 Å². The number of hydrogen-bond acceptors (Lipinski definition) is 4. The van der Waals surface area contributed by atoms with E-state index in [1.54, 1.807) is 11.8 Å². The van der Waals surface area contributed by atoms with E-state index in [1.807, 2.05) is 30.7 Å². The number of hydrogen-bond donors (Lipinski definition) is 1. The fourth-order valence-corrected chi connectivity index (χ4v) is 1.96. The molecule has 5 heteroatoms. The van der Waals surface area contributed by atoms with Gasteiger partial charge in [-0.05, 0) is 17.9 Å². The quantitative estimate of drug-likeness (QED) is 0.560. The van der Waals surface area contributed by atoms with Crippen molar-refractivity contribution in [3.63, 3.8) is 0 Å². The van der Waals surface area contributed by atoms with Crippen LogP contribution in [0.3, 0.4) is 0 Å². The lowest BCUT2D eigenvalue weighted by atomic mass is 10.2. The molecule has 104 valence electrons. The van der Waals surface area contributed by atoms with E-state index in [0.717, 1.165) is 36.8 Å². The molecule has 1 aromatic heterocycles. The zero-order chi connectivity index (χ0) is 14.1. The molecule has 0 aliphatic carbocycles. The fourth-order valence-electron chi connectivity index (χ4n) is 1.60. The molecule has 0 fully saturated rings. The smallest absolute Gasteiger partial charge is 0.129 e. The van der Waals surface area contributed by atoms with Crippen molar-refractivity contribution in [2.45, 2.75) is 6.54 Å². The topological polar surface area (TPSA) is 28.2 Å². The van der Waals surface area contributed by atoms with Crippen LogP contribution in [0.4, 0.5) is 0 Å². The van der Waals surface area contributed by atoms with E-state index in [4.69, 9.17) is 11.6 Å². The summed E-state index contributed by atoms with van der Waals surface area (Å²) in [5.74, 6) is 0. The average Bonchev–Trinajstić information content (AvgIpc) is 2.41. The molecule has 1 N–H and O–H groups in total. The second-order valence-electron chi connectivity index (χ2n) is 4.07. The number of aromatic nitrogens is 1. The molecular formula is C14H20ClN3S. The normalized spacial score (nSPS) is 10.5. The minimum absolute atomic E-state index is 0.525. The Bertz CT molecular complexity index is 406. The van der Waals surface area contributed by atoms with Gasteiger partial charge in [0.15, 0.2) is 0 Å². The molecule has 0 amide bonds. The molecule has 3 nitrogen and oxygen atoms in total. The van der Waals surface area contributed by atoms with Gasteiger partial charge in [-0.1, -0.05) is 30.3 Å². The molecule has 0 unspecified atom stereocenters. The van der Waals surface area contributed by atoms with Crippen LogP contribution in [-0.4, -0.2) is 35.8 Å². The first-order chi connectivity index (χ1) is 9.15. The van der Waals surface area contributed by atoms with E-state index in [-0.39, 0.29) is 0 Å². The Kier molecular flexibility index (Phi) is 7.63. The van der Waals surface area contributed by atoms with Crippen LogP contribution in [-0.2, 0) is 6.54 Å². The van der Waals surface area contributed by atoms with E-state index in [0.29, 0.717) is 5.15 Å². The molecule has 1 rings (SSSR count). The highest BCUT2D eigenvalue weighted by Crippen LogP contribution is 2.08. The first-order valence-electron chi connectivity index (χ1n) is 6.06. The van der Waals surface area contributed by atoms with E-state index in [1.165, 1.54) is 0 Å². The Balaban J connectivity index is 2.45. The summed E-state index contributed by atoms with van der Waals surface area (Å²) in [5, 5.41) is 4.79. The molecule has 0 aromatic carbocycles. The second kappa shape index (κ2) is 9.02. The number of pyridine rings is 1. The van der Waals surface area contributed by atoms with Gasteiger partial charge in [0, 0.05) is 32.4 Å². The molecule has 0 saturated heterocycles. The Morgan fingerprint density at radius 2 is 2.37 bits per heavy atom. The van der Waals surface area contributed by atoms with Crippen molar-refractivity contribution in [3.05, 3.63) is 53.3 Å². The lowest BCUT2D eigenvalue weighted by molar-refractivity contribution is 0.297. The SMILES string of the molecule is C=CCN(CCNC(=C)SC)Cc1ccc(Cl)nc1. The van der Waals surface area contributed by atoms with Crippen LogP contribution in [0.5, 0.6) is 0 Å². The van der Waals surface area contributed by atoms with Gasteiger partial charge in [0.2, 0.25) is 0 Å². The Morgan fingerprint density at radius 1 is 1.58 bits per heavy atom. The largest absolute Gasteiger partial charge is 0.379 e. The summed E-state index contributed by atoms with van der Waals surface area (Å²) in [7, 11) is 0. The maximum absolute atomic E-state index is 5.78. The molecule has 0 saturated carbocycles. The van der Waals surface area contributed by atoms with Crippen molar-refractivity contribution in [2.24, 2.45) is 0 Å². The number of thioether (sulfide) groups is 1. The van der Waals surface area contributed by atoms with Gasteiger partial charge in [0.1, 0.15) is 5.15 Å². The highest BCUT2D eigenvalue weighted by molar-refractivity contribution is 8.02. The maximum atomic E-state index is 5.78. The monoisotopic (exact) mass is 297 g/mol. The molecule has 0 aliphatic rings. The van der Waals surface area contributed by atoms with Crippen molar-refractivity contribution >= 4 is 23.4 Å². The zero-order valence-corrected chi connectivity index (χ0v) is 12.8. The third-order valence-corrected chi connectivity index (χ3v) is 3.44. The van der Waals surface area contributed by atoms with Gasteiger partial charge < -0.3 is 5.32 Å². The number of nitrogens with one attached hydrogen (secondary N) is 1. The number of halogens is 1. The van der Waals surface area contributed by atoms with E-state index in [9.17, 15) is 0 Å². The predicted molar refractivity (Wildman–Crippen MR) is 85.4 cm³/mol. The first-order valence-corrected chi connectivity index (χ1v) is 7.66. The molecule has 0 atom stereocenters. The van der Waals surface area contributed by atoms with E-state index < -0.39 is 0 Å². The molecule has 0 bridgehead atoms. The molecule has 0 spiro atoms. The predicted octanol–water partition coefficient (Wildman–Crippen LogP) is 3.15. The van der Waals surface area contributed by atoms with Crippen LogP contribution in [0.2, 0.25) is 5.15 Å². The van der Waals surface area contributed by atoms with Crippen molar-refractivity contribution in [1.82, 2.24) is 15.2 Å². The van der Waals surface area contributed by atoms with Gasteiger partial charge in [-0.15, -0.1) is 18.3 Å². The van der Waals surface area contributed by atoms with E-state index >= 15 is 0 Å². The van der Waals surface area contributed by atoms with Gasteiger partial charge in [0.25, 0.3) is 0 Å². The van der Waals surface area contributed by atoms with Crippen LogP contribution in [0.15, 0.2) is 42.6 Å². The summed E-state index contributed by atoms with van der Waals surface area (Å²) >= 11 is 7.41. The fraction of sp³-hybridized carbons (Fsp3) is 0.357. The third kappa shape index (κ3) is 6.66. The lowest BCUT2D eigenvalue weighted by Crippen LogP contribution is -2.31. The highest BCUT2D eigenvalue weighted by atomic mass is 35.5. The summed E-state index contributed by atoms with van der Waals surface area (Å²) < 4.78 is 0. The molecule has 0 radical (unpaired) electrons. The molecule has 19 heavy (non-hydrogen) atoms. The van der Waals surface area contributed by atoms with Gasteiger partial charge in [-0.25, -0.2) is 4.98 Å². The number of nitrogens with zero attached hydrogens (tertiary/aromatic N) is 2. The van der Waals surface area contributed by atoms with Crippen LogP contribution < -0.4 is 5.32 Å². The Labute approximate surface area is 124 Å². The second-order valence-corrected chi connectivity index (χ2v) is 5.36. The van der Waals surface area contributed by atoms with Crippen LogP contribution >= 0.6 is 23.4 Å². The number of rotatable bonds is 9. The van der Waals surface area contributed by atoms with Crippen molar-refractivity contribution in [1.29, 1.82) is 0 Å². The molecule has 0 aliphatic heterocycles. The van der Waals surface area contributed by atoms with Crippen LogP contribution in [0, 0.1) is 0 Å². The summed E-state index contributed by atoms with van der Waals surface area (Å²) in [6.45, 7) is 11.2. The van der Waals surface area contributed by atoms with Crippen LogP contribution in [0.25, 0.3) is 0 Å². The van der Waals surface area contributed by atoms with Crippen molar-refractivity contribution in [2.75, 3.05) is 25.9 Å². The summed E-state index contributed by atoms with van der Waals surface area (Å²) in [6, 6.07) is 3.82. The van der Waals surface area contributed by atoms with Crippen molar-refractivity contribution in [3.8, 4) is 0 Å². The van der Waals surface area contributed by atoms with Gasteiger partial charge in [-0.2, -0.15) is 0 Å².